The first kappa shape index (κ1) is 14.8. The number of hydrogen-bond acceptors (Lipinski definition) is 3. The summed E-state index contributed by atoms with van der Waals surface area (Å²) in [6.07, 6.45) is 12.6. The maximum atomic E-state index is 5.76. The predicted molar refractivity (Wildman–Crippen MR) is 83.1 cm³/mol. The van der Waals surface area contributed by atoms with Crippen LogP contribution >= 0.6 is 0 Å². The third-order valence-electron chi connectivity index (χ3n) is 5.75. The highest BCUT2D eigenvalue weighted by Crippen LogP contribution is 2.33. The number of nitrogens with one attached hydrogen (secondary N) is 1. The van der Waals surface area contributed by atoms with E-state index in [-0.39, 0.29) is 0 Å². The number of nitrogens with zero attached hydrogens (tertiary/aromatic N) is 1. The van der Waals surface area contributed by atoms with Crippen molar-refractivity contribution in [2.75, 3.05) is 26.2 Å². The molecule has 0 aromatic heterocycles. The Morgan fingerprint density at radius 3 is 2.80 bits per heavy atom. The van der Waals surface area contributed by atoms with Crippen LogP contribution in [0, 0.1) is 0 Å². The zero-order valence-corrected chi connectivity index (χ0v) is 13.2. The Morgan fingerprint density at radius 1 is 1.20 bits per heavy atom. The zero-order valence-electron chi connectivity index (χ0n) is 13.2. The van der Waals surface area contributed by atoms with Gasteiger partial charge >= 0.3 is 0 Å². The number of rotatable bonds is 4. The third-order valence-corrected chi connectivity index (χ3v) is 5.75. The zero-order chi connectivity index (χ0) is 13.8. The first-order valence-electron chi connectivity index (χ1n) is 8.88. The van der Waals surface area contributed by atoms with Crippen molar-refractivity contribution in [2.24, 2.45) is 0 Å². The van der Waals surface area contributed by atoms with Crippen molar-refractivity contribution < 1.29 is 4.74 Å². The van der Waals surface area contributed by atoms with Gasteiger partial charge in [-0.25, -0.2) is 0 Å². The van der Waals surface area contributed by atoms with Gasteiger partial charge in [0, 0.05) is 24.7 Å². The van der Waals surface area contributed by atoms with Gasteiger partial charge in [-0.1, -0.05) is 12.8 Å². The van der Waals surface area contributed by atoms with Crippen LogP contribution in [-0.2, 0) is 4.74 Å². The second-order valence-electron chi connectivity index (χ2n) is 7.30. The first-order valence-corrected chi connectivity index (χ1v) is 8.88. The van der Waals surface area contributed by atoms with Crippen LogP contribution in [0.1, 0.15) is 64.7 Å². The summed E-state index contributed by atoms with van der Waals surface area (Å²) in [6.45, 7) is 7.17. The summed E-state index contributed by atoms with van der Waals surface area (Å²) in [5.41, 5.74) is 0.453. The summed E-state index contributed by atoms with van der Waals surface area (Å²) >= 11 is 0. The molecule has 3 nitrogen and oxygen atoms in total. The van der Waals surface area contributed by atoms with E-state index in [2.05, 4.69) is 17.1 Å². The van der Waals surface area contributed by atoms with Crippen LogP contribution in [0.15, 0.2) is 0 Å². The van der Waals surface area contributed by atoms with Crippen molar-refractivity contribution in [3.05, 3.63) is 0 Å². The lowest BCUT2D eigenvalue weighted by molar-refractivity contribution is 0.0940. The van der Waals surface area contributed by atoms with Crippen molar-refractivity contribution in [1.82, 2.24) is 10.2 Å². The molecule has 2 atom stereocenters. The van der Waals surface area contributed by atoms with Crippen LogP contribution in [0.4, 0.5) is 0 Å². The van der Waals surface area contributed by atoms with Gasteiger partial charge < -0.3 is 10.1 Å². The first-order chi connectivity index (χ1) is 9.77. The molecule has 0 aromatic carbocycles. The molecular weight excluding hydrogens is 248 g/mol. The second-order valence-corrected chi connectivity index (χ2v) is 7.30. The highest BCUT2D eigenvalue weighted by molar-refractivity contribution is 4.98. The van der Waals surface area contributed by atoms with Crippen molar-refractivity contribution in [2.45, 2.75) is 82.4 Å². The molecule has 2 unspecified atom stereocenters. The molecular formula is C17H32N2O. The Bertz CT molecular complexity index is 295. The van der Waals surface area contributed by atoms with Crippen molar-refractivity contribution >= 4 is 0 Å². The van der Waals surface area contributed by atoms with Crippen molar-refractivity contribution in [1.29, 1.82) is 0 Å². The van der Waals surface area contributed by atoms with E-state index in [4.69, 9.17) is 4.74 Å². The quantitative estimate of drug-likeness (QED) is 0.857. The van der Waals surface area contributed by atoms with E-state index in [1.165, 1.54) is 77.4 Å². The van der Waals surface area contributed by atoms with Crippen molar-refractivity contribution in [3.8, 4) is 0 Å². The second kappa shape index (κ2) is 6.76. The summed E-state index contributed by atoms with van der Waals surface area (Å²) < 4.78 is 5.76. The molecule has 0 aromatic rings. The van der Waals surface area contributed by atoms with Crippen LogP contribution in [0.5, 0.6) is 0 Å². The largest absolute Gasteiger partial charge is 0.378 e. The Morgan fingerprint density at radius 2 is 2.05 bits per heavy atom. The molecule has 2 saturated heterocycles. The minimum atomic E-state index is 0.453. The average molecular weight is 280 g/mol. The van der Waals surface area contributed by atoms with E-state index in [9.17, 15) is 0 Å². The standard InChI is InChI=1S/C17H32N2O/c1-15-8-11-18-17(9-2-3-10-17)14-19(15)12-4-6-16-7-5-13-20-16/h15-16,18H,2-14H2,1H3. The predicted octanol–water partition coefficient (Wildman–Crippen LogP) is 2.94. The molecule has 1 N–H and O–H groups in total. The third kappa shape index (κ3) is 3.55. The van der Waals surface area contributed by atoms with Crippen LogP contribution in [0.3, 0.4) is 0 Å². The van der Waals surface area contributed by atoms with E-state index in [0.717, 1.165) is 12.6 Å². The van der Waals surface area contributed by atoms with Gasteiger partial charge in [0.2, 0.25) is 0 Å². The van der Waals surface area contributed by atoms with E-state index in [1.807, 2.05) is 0 Å². The molecule has 1 saturated carbocycles. The minimum Gasteiger partial charge on any atom is -0.378 e. The number of ether oxygens (including phenoxy) is 1. The Balaban J connectivity index is 1.49. The van der Waals surface area contributed by atoms with E-state index in [1.54, 1.807) is 0 Å². The maximum absolute atomic E-state index is 5.76. The summed E-state index contributed by atoms with van der Waals surface area (Å²) in [4.78, 5) is 2.76. The summed E-state index contributed by atoms with van der Waals surface area (Å²) in [5, 5.41) is 3.88. The highest BCUT2D eigenvalue weighted by atomic mass is 16.5. The fraction of sp³-hybridized carbons (Fsp3) is 1.00. The molecule has 0 bridgehead atoms. The van der Waals surface area contributed by atoms with Gasteiger partial charge in [0.05, 0.1) is 6.10 Å². The molecule has 2 aliphatic heterocycles. The summed E-state index contributed by atoms with van der Waals surface area (Å²) in [6, 6.07) is 0.743. The van der Waals surface area contributed by atoms with E-state index < -0.39 is 0 Å². The van der Waals surface area contributed by atoms with Crippen LogP contribution in [0.25, 0.3) is 0 Å². The van der Waals surface area contributed by atoms with Crippen LogP contribution in [-0.4, -0.2) is 48.8 Å². The van der Waals surface area contributed by atoms with Crippen LogP contribution in [0.2, 0.25) is 0 Å². The molecule has 0 amide bonds. The molecule has 1 aliphatic carbocycles. The number of hydrogen-bond donors (Lipinski definition) is 1. The van der Waals surface area contributed by atoms with Gasteiger partial charge in [-0.3, -0.25) is 4.90 Å². The van der Waals surface area contributed by atoms with E-state index in [0.29, 0.717) is 11.6 Å². The molecule has 3 heteroatoms. The fourth-order valence-corrected chi connectivity index (χ4v) is 4.41. The van der Waals surface area contributed by atoms with Gasteiger partial charge in [-0.05, 0) is 65.0 Å². The monoisotopic (exact) mass is 280 g/mol. The van der Waals surface area contributed by atoms with Gasteiger partial charge in [-0.15, -0.1) is 0 Å². The molecule has 1 spiro atoms. The fourth-order valence-electron chi connectivity index (χ4n) is 4.41. The molecule has 3 aliphatic rings. The molecule has 116 valence electrons. The Labute approximate surface area is 124 Å². The van der Waals surface area contributed by atoms with Gasteiger partial charge in [0.15, 0.2) is 0 Å². The Hall–Kier alpha value is -0.120. The smallest absolute Gasteiger partial charge is 0.0576 e. The molecule has 2 heterocycles. The normalized spacial score (nSPS) is 34.6. The average Bonchev–Trinajstić information content (AvgIpc) is 3.06. The SMILES string of the molecule is CC1CCNC2(CCCC2)CN1CCCC1CCCO1. The Kier molecular flexibility index (Phi) is 5.00. The molecule has 3 fully saturated rings. The molecule has 0 radical (unpaired) electrons. The summed E-state index contributed by atoms with van der Waals surface area (Å²) in [5.74, 6) is 0. The lowest BCUT2D eigenvalue weighted by Crippen LogP contribution is -2.50. The summed E-state index contributed by atoms with van der Waals surface area (Å²) in [7, 11) is 0. The minimum absolute atomic E-state index is 0.453. The van der Waals surface area contributed by atoms with Gasteiger partial charge in [0.25, 0.3) is 0 Å². The highest BCUT2D eigenvalue weighted by Gasteiger charge is 2.37. The van der Waals surface area contributed by atoms with Gasteiger partial charge in [-0.2, -0.15) is 0 Å². The lowest BCUT2D eigenvalue weighted by atomic mass is 9.97. The maximum Gasteiger partial charge on any atom is 0.0576 e. The molecule has 3 rings (SSSR count). The van der Waals surface area contributed by atoms with Crippen LogP contribution < -0.4 is 5.32 Å². The topological polar surface area (TPSA) is 24.5 Å². The van der Waals surface area contributed by atoms with Crippen molar-refractivity contribution in [3.63, 3.8) is 0 Å². The lowest BCUT2D eigenvalue weighted by Gasteiger charge is -2.35. The molecule has 20 heavy (non-hydrogen) atoms. The van der Waals surface area contributed by atoms with Gasteiger partial charge in [0.1, 0.15) is 0 Å². The van der Waals surface area contributed by atoms with E-state index >= 15 is 0 Å².